The van der Waals surface area contributed by atoms with Crippen LogP contribution in [0.25, 0.3) is 0 Å². The summed E-state index contributed by atoms with van der Waals surface area (Å²) in [6.07, 6.45) is 0. The van der Waals surface area contributed by atoms with E-state index in [4.69, 9.17) is 5.11 Å². The maximum Gasteiger partial charge on any atom is 0.335 e. The first kappa shape index (κ1) is 13.4. The molecule has 0 amide bonds. The number of non-ortho nitro benzene ring substituents is 1. The zero-order valence-electron chi connectivity index (χ0n) is 10.1. The Bertz CT molecular complexity index is 662. The highest BCUT2D eigenvalue weighted by molar-refractivity contribution is 6.10. The van der Waals surface area contributed by atoms with Crippen LogP contribution in [0, 0.1) is 10.1 Å². The lowest BCUT2D eigenvalue weighted by Gasteiger charge is -2.03. The van der Waals surface area contributed by atoms with Gasteiger partial charge >= 0.3 is 5.97 Å². The number of carboxylic acids is 1. The molecule has 6 nitrogen and oxygen atoms in total. The molecule has 2 rings (SSSR count). The van der Waals surface area contributed by atoms with Crippen LogP contribution in [0.2, 0.25) is 0 Å². The monoisotopic (exact) mass is 271 g/mol. The molecular weight excluding hydrogens is 262 g/mol. The fourth-order valence-corrected chi connectivity index (χ4v) is 1.73. The summed E-state index contributed by atoms with van der Waals surface area (Å²) >= 11 is 0. The van der Waals surface area contributed by atoms with Gasteiger partial charge in [-0.3, -0.25) is 14.9 Å². The predicted octanol–water partition coefficient (Wildman–Crippen LogP) is 2.52. The number of carbonyl (C=O) groups excluding carboxylic acids is 1. The summed E-state index contributed by atoms with van der Waals surface area (Å²) in [5.41, 5.74) is -0.408. The zero-order chi connectivity index (χ0) is 14.7. The largest absolute Gasteiger partial charge is 0.478 e. The summed E-state index contributed by atoms with van der Waals surface area (Å²) in [5.74, 6) is -1.78. The Morgan fingerprint density at radius 2 is 1.55 bits per heavy atom. The van der Waals surface area contributed by atoms with Gasteiger partial charge in [0.05, 0.1) is 10.5 Å². The van der Waals surface area contributed by atoms with Crippen molar-refractivity contribution in [1.82, 2.24) is 0 Å². The number of nitro groups is 1. The van der Waals surface area contributed by atoms with Crippen molar-refractivity contribution >= 4 is 17.4 Å². The lowest BCUT2D eigenvalue weighted by molar-refractivity contribution is -0.384. The number of carbonyl (C=O) groups is 2. The van der Waals surface area contributed by atoms with Crippen molar-refractivity contribution in [2.45, 2.75) is 0 Å². The fourth-order valence-electron chi connectivity index (χ4n) is 1.73. The Balaban J connectivity index is 2.53. The Hall–Kier alpha value is -3.02. The number of ketones is 1. The highest BCUT2D eigenvalue weighted by atomic mass is 16.6. The van der Waals surface area contributed by atoms with Crippen molar-refractivity contribution in [2.75, 3.05) is 0 Å². The average molecular weight is 271 g/mol. The number of benzene rings is 2. The Labute approximate surface area is 113 Å². The first-order valence-electron chi connectivity index (χ1n) is 5.61. The summed E-state index contributed by atoms with van der Waals surface area (Å²) in [7, 11) is 0. The van der Waals surface area contributed by atoms with E-state index in [2.05, 4.69) is 0 Å². The Kier molecular flexibility index (Phi) is 3.56. The van der Waals surface area contributed by atoms with Crippen molar-refractivity contribution < 1.29 is 19.6 Å². The molecule has 0 spiro atoms. The number of nitrogens with zero attached hydrogens (tertiary/aromatic N) is 1. The van der Waals surface area contributed by atoms with Gasteiger partial charge in [-0.15, -0.1) is 0 Å². The van der Waals surface area contributed by atoms with E-state index < -0.39 is 22.4 Å². The summed E-state index contributed by atoms with van der Waals surface area (Å²) in [4.78, 5) is 33.2. The van der Waals surface area contributed by atoms with Gasteiger partial charge < -0.3 is 5.11 Å². The molecule has 0 radical (unpaired) electrons. The Morgan fingerprint density at radius 3 is 2.10 bits per heavy atom. The van der Waals surface area contributed by atoms with E-state index >= 15 is 0 Å². The number of hydrogen-bond donors (Lipinski definition) is 1. The number of rotatable bonds is 4. The zero-order valence-corrected chi connectivity index (χ0v) is 10.1. The molecule has 0 bridgehead atoms. The van der Waals surface area contributed by atoms with Crippen LogP contribution >= 0.6 is 0 Å². The van der Waals surface area contributed by atoms with Crippen LogP contribution in [0.3, 0.4) is 0 Å². The highest BCUT2D eigenvalue weighted by Crippen LogP contribution is 2.20. The van der Waals surface area contributed by atoms with Crippen LogP contribution in [0.15, 0.2) is 48.5 Å². The van der Waals surface area contributed by atoms with Crippen LogP contribution in [0.1, 0.15) is 26.3 Å². The van der Waals surface area contributed by atoms with E-state index in [0.717, 1.165) is 18.2 Å². The molecule has 2 aromatic rings. The van der Waals surface area contributed by atoms with Gasteiger partial charge in [-0.25, -0.2) is 4.79 Å². The minimum atomic E-state index is -1.32. The molecule has 0 aromatic heterocycles. The van der Waals surface area contributed by atoms with Crippen LogP contribution < -0.4 is 0 Å². The van der Waals surface area contributed by atoms with Gasteiger partial charge in [0.15, 0.2) is 5.78 Å². The first-order valence-corrected chi connectivity index (χ1v) is 5.61. The van der Waals surface area contributed by atoms with Crippen molar-refractivity contribution in [3.05, 3.63) is 75.3 Å². The molecule has 1 N–H and O–H groups in total. The molecule has 0 aliphatic rings. The fraction of sp³-hybridized carbons (Fsp3) is 0. The second-order valence-electron chi connectivity index (χ2n) is 4.03. The molecule has 0 heterocycles. The van der Waals surface area contributed by atoms with Crippen LogP contribution in [0.4, 0.5) is 5.69 Å². The molecule has 0 unspecified atom stereocenters. The second kappa shape index (κ2) is 5.31. The lowest BCUT2D eigenvalue weighted by Crippen LogP contribution is -2.06. The molecule has 0 saturated heterocycles. The quantitative estimate of drug-likeness (QED) is 0.523. The SMILES string of the molecule is O=C(O)c1cc(C(=O)c2ccccc2)cc([N+](=O)[O-])c1. The van der Waals surface area contributed by atoms with Crippen LogP contribution in [-0.4, -0.2) is 21.8 Å². The van der Waals surface area contributed by atoms with Crippen molar-refractivity contribution in [1.29, 1.82) is 0 Å². The normalized spacial score (nSPS) is 10.0. The first-order chi connectivity index (χ1) is 9.49. The molecule has 20 heavy (non-hydrogen) atoms. The van der Waals surface area contributed by atoms with E-state index in [0.29, 0.717) is 5.56 Å². The van der Waals surface area contributed by atoms with Crippen LogP contribution in [0.5, 0.6) is 0 Å². The smallest absolute Gasteiger partial charge is 0.335 e. The Morgan fingerprint density at radius 1 is 0.950 bits per heavy atom. The van der Waals surface area contributed by atoms with Gasteiger partial charge in [-0.1, -0.05) is 30.3 Å². The summed E-state index contributed by atoms with van der Waals surface area (Å²) < 4.78 is 0. The summed E-state index contributed by atoms with van der Waals surface area (Å²) in [5, 5.41) is 19.7. The second-order valence-corrected chi connectivity index (χ2v) is 4.03. The number of hydrogen-bond acceptors (Lipinski definition) is 4. The van der Waals surface area contributed by atoms with Gasteiger partial charge in [0.2, 0.25) is 0 Å². The van der Waals surface area contributed by atoms with E-state index in [1.54, 1.807) is 30.3 Å². The minimum Gasteiger partial charge on any atom is -0.478 e. The van der Waals surface area contributed by atoms with E-state index in [1.165, 1.54) is 0 Å². The van der Waals surface area contributed by atoms with Gasteiger partial charge in [0.25, 0.3) is 5.69 Å². The molecule has 0 aliphatic carbocycles. The molecule has 2 aromatic carbocycles. The maximum atomic E-state index is 12.2. The van der Waals surface area contributed by atoms with Crippen molar-refractivity contribution in [2.24, 2.45) is 0 Å². The molecule has 0 atom stereocenters. The maximum absolute atomic E-state index is 12.2. The van der Waals surface area contributed by atoms with Gasteiger partial charge in [0, 0.05) is 23.3 Å². The topological polar surface area (TPSA) is 97.5 Å². The standard InChI is InChI=1S/C14H9NO5/c16-13(9-4-2-1-3-5-9)10-6-11(14(17)18)8-12(7-10)15(19)20/h1-8H,(H,17,18). The van der Waals surface area contributed by atoms with Crippen molar-refractivity contribution in [3.63, 3.8) is 0 Å². The predicted molar refractivity (Wildman–Crippen MR) is 69.9 cm³/mol. The molecule has 0 fully saturated rings. The molecule has 0 aliphatic heterocycles. The molecule has 0 saturated carbocycles. The third kappa shape index (κ3) is 2.69. The minimum absolute atomic E-state index is 0.0252. The average Bonchev–Trinajstić information content (AvgIpc) is 2.46. The summed E-state index contributed by atoms with van der Waals surface area (Å²) in [6.45, 7) is 0. The molecular formula is C14H9NO5. The van der Waals surface area contributed by atoms with E-state index in [9.17, 15) is 19.7 Å². The molecule has 100 valence electrons. The third-order valence-corrected chi connectivity index (χ3v) is 2.67. The van der Waals surface area contributed by atoms with Crippen molar-refractivity contribution in [3.8, 4) is 0 Å². The highest BCUT2D eigenvalue weighted by Gasteiger charge is 2.18. The van der Waals surface area contributed by atoms with E-state index in [1.807, 2.05) is 0 Å². The third-order valence-electron chi connectivity index (χ3n) is 2.67. The number of nitro benzene ring substituents is 1. The van der Waals surface area contributed by atoms with Gasteiger partial charge in [-0.2, -0.15) is 0 Å². The van der Waals surface area contributed by atoms with E-state index in [-0.39, 0.29) is 11.1 Å². The number of carboxylic acid groups (broad SMARTS) is 1. The van der Waals surface area contributed by atoms with Crippen LogP contribution in [-0.2, 0) is 0 Å². The summed E-state index contributed by atoms with van der Waals surface area (Å²) in [6, 6.07) is 11.3. The lowest BCUT2D eigenvalue weighted by atomic mass is 10.0. The van der Waals surface area contributed by atoms with Gasteiger partial charge in [-0.05, 0) is 6.07 Å². The number of aromatic carboxylic acids is 1. The molecule has 6 heteroatoms. The van der Waals surface area contributed by atoms with Gasteiger partial charge in [0.1, 0.15) is 0 Å².